The smallest absolute Gasteiger partial charge is 0.0557 e. The van der Waals surface area contributed by atoms with Gasteiger partial charge >= 0.3 is 0 Å². The van der Waals surface area contributed by atoms with Gasteiger partial charge in [0, 0.05) is 11.9 Å². The minimum Gasteiger partial charge on any atom is -0.316 e. The summed E-state index contributed by atoms with van der Waals surface area (Å²) in [6.45, 7) is 0.863. The highest BCUT2D eigenvalue weighted by Gasteiger charge is 1.96. The zero-order valence-electron chi connectivity index (χ0n) is 5.15. The number of rotatable bonds is 2. The lowest BCUT2D eigenvalue weighted by Gasteiger charge is -1.93. The number of thiophene rings is 1. The molecule has 1 N–H and O–H groups in total. The zero-order chi connectivity index (χ0) is 6.69. The van der Waals surface area contributed by atoms with E-state index in [1.807, 2.05) is 12.4 Å². The third-order valence-corrected chi connectivity index (χ3v) is 2.33. The molecule has 3 heteroatoms. The van der Waals surface area contributed by atoms with Crippen molar-refractivity contribution in [3.8, 4) is 0 Å². The molecule has 0 aliphatic rings. The van der Waals surface area contributed by atoms with E-state index in [0.29, 0.717) is 0 Å². The second-order valence-electron chi connectivity index (χ2n) is 1.78. The second kappa shape index (κ2) is 3.20. The van der Waals surface area contributed by atoms with Gasteiger partial charge in [0.05, 0.1) is 5.02 Å². The van der Waals surface area contributed by atoms with Crippen LogP contribution in [0.1, 0.15) is 5.56 Å². The zero-order valence-corrected chi connectivity index (χ0v) is 6.72. The van der Waals surface area contributed by atoms with Crippen LogP contribution in [0.4, 0.5) is 0 Å². The molecule has 0 atom stereocenters. The SMILES string of the molecule is CNCc1cscc1Cl. The summed E-state index contributed by atoms with van der Waals surface area (Å²) in [6.07, 6.45) is 0. The minimum atomic E-state index is 0.863. The monoisotopic (exact) mass is 161 g/mol. The van der Waals surface area contributed by atoms with Crippen molar-refractivity contribution in [2.24, 2.45) is 0 Å². The van der Waals surface area contributed by atoms with Gasteiger partial charge in [0.25, 0.3) is 0 Å². The fraction of sp³-hybridized carbons (Fsp3) is 0.333. The van der Waals surface area contributed by atoms with Crippen LogP contribution in [0.25, 0.3) is 0 Å². The van der Waals surface area contributed by atoms with Crippen molar-refractivity contribution in [1.82, 2.24) is 5.32 Å². The summed E-state index contributed by atoms with van der Waals surface area (Å²) in [7, 11) is 1.91. The van der Waals surface area contributed by atoms with Crippen LogP contribution in [0.2, 0.25) is 5.02 Å². The summed E-state index contributed by atoms with van der Waals surface area (Å²) in [5, 5.41) is 7.90. The Balaban J connectivity index is 2.69. The van der Waals surface area contributed by atoms with E-state index in [9.17, 15) is 0 Å². The number of hydrogen-bond donors (Lipinski definition) is 1. The fourth-order valence-electron chi connectivity index (χ4n) is 0.624. The lowest BCUT2D eigenvalue weighted by Crippen LogP contribution is -2.03. The summed E-state index contributed by atoms with van der Waals surface area (Å²) in [4.78, 5) is 0. The number of nitrogens with one attached hydrogen (secondary N) is 1. The van der Waals surface area contributed by atoms with Crippen LogP contribution < -0.4 is 5.32 Å². The van der Waals surface area contributed by atoms with Gasteiger partial charge in [-0.3, -0.25) is 0 Å². The Hall–Kier alpha value is -0.0500. The molecule has 0 fully saturated rings. The summed E-state index contributed by atoms with van der Waals surface area (Å²) in [6, 6.07) is 0. The topological polar surface area (TPSA) is 12.0 Å². The van der Waals surface area contributed by atoms with Gasteiger partial charge in [-0.1, -0.05) is 11.6 Å². The molecule has 0 aliphatic heterocycles. The van der Waals surface area contributed by atoms with Gasteiger partial charge in [-0.25, -0.2) is 0 Å². The first kappa shape index (κ1) is 7.06. The van der Waals surface area contributed by atoms with Crippen molar-refractivity contribution in [1.29, 1.82) is 0 Å². The first-order chi connectivity index (χ1) is 4.34. The van der Waals surface area contributed by atoms with Crippen LogP contribution in [0.3, 0.4) is 0 Å². The van der Waals surface area contributed by atoms with Gasteiger partial charge < -0.3 is 5.32 Å². The molecule has 1 heterocycles. The third-order valence-electron chi connectivity index (χ3n) is 1.06. The number of hydrogen-bond acceptors (Lipinski definition) is 2. The van der Waals surface area contributed by atoms with Gasteiger partial charge in [0.2, 0.25) is 0 Å². The van der Waals surface area contributed by atoms with Crippen LogP contribution in [0.15, 0.2) is 10.8 Å². The molecule has 0 amide bonds. The highest BCUT2D eigenvalue weighted by Crippen LogP contribution is 2.19. The molecule has 0 unspecified atom stereocenters. The largest absolute Gasteiger partial charge is 0.316 e. The maximum Gasteiger partial charge on any atom is 0.0557 e. The van der Waals surface area contributed by atoms with E-state index in [0.717, 1.165) is 11.6 Å². The Kier molecular flexibility index (Phi) is 2.51. The Bertz CT molecular complexity index is 185. The van der Waals surface area contributed by atoms with Crippen molar-refractivity contribution in [2.75, 3.05) is 7.05 Å². The molecule has 1 nitrogen and oxygen atoms in total. The van der Waals surface area contributed by atoms with Crippen LogP contribution in [-0.2, 0) is 6.54 Å². The van der Waals surface area contributed by atoms with Gasteiger partial charge in [-0.2, -0.15) is 11.3 Å². The van der Waals surface area contributed by atoms with Crippen molar-refractivity contribution in [3.05, 3.63) is 21.3 Å². The molecular weight excluding hydrogens is 154 g/mol. The Labute approximate surface area is 63.7 Å². The highest BCUT2D eigenvalue weighted by atomic mass is 35.5. The van der Waals surface area contributed by atoms with Gasteiger partial charge in [-0.05, 0) is 18.0 Å². The van der Waals surface area contributed by atoms with E-state index in [-0.39, 0.29) is 0 Å². The predicted molar refractivity (Wildman–Crippen MR) is 42.1 cm³/mol. The molecule has 0 saturated heterocycles. The van der Waals surface area contributed by atoms with Crippen LogP contribution in [-0.4, -0.2) is 7.05 Å². The van der Waals surface area contributed by atoms with Crippen LogP contribution in [0, 0.1) is 0 Å². The molecule has 0 bridgehead atoms. The first-order valence-electron chi connectivity index (χ1n) is 2.69. The highest BCUT2D eigenvalue weighted by molar-refractivity contribution is 7.08. The molecule has 0 aliphatic carbocycles. The second-order valence-corrected chi connectivity index (χ2v) is 2.93. The van der Waals surface area contributed by atoms with E-state index in [2.05, 4.69) is 10.7 Å². The average molecular weight is 162 g/mol. The minimum absolute atomic E-state index is 0.863. The normalized spacial score (nSPS) is 10.0. The molecule has 9 heavy (non-hydrogen) atoms. The predicted octanol–water partition coefficient (Wildman–Crippen LogP) is 2.12. The van der Waals surface area contributed by atoms with Gasteiger partial charge in [0.15, 0.2) is 0 Å². The van der Waals surface area contributed by atoms with E-state index in [1.54, 1.807) is 11.3 Å². The van der Waals surface area contributed by atoms with Crippen molar-refractivity contribution >= 4 is 22.9 Å². The van der Waals surface area contributed by atoms with Crippen molar-refractivity contribution in [2.45, 2.75) is 6.54 Å². The molecule has 0 aromatic carbocycles. The average Bonchev–Trinajstić information content (AvgIpc) is 2.18. The van der Waals surface area contributed by atoms with E-state index in [1.165, 1.54) is 5.56 Å². The first-order valence-corrected chi connectivity index (χ1v) is 4.02. The van der Waals surface area contributed by atoms with Crippen LogP contribution >= 0.6 is 22.9 Å². The van der Waals surface area contributed by atoms with E-state index < -0.39 is 0 Å². The summed E-state index contributed by atoms with van der Waals surface area (Å²) >= 11 is 7.42. The third kappa shape index (κ3) is 1.68. The van der Waals surface area contributed by atoms with E-state index in [4.69, 9.17) is 11.6 Å². The van der Waals surface area contributed by atoms with Crippen molar-refractivity contribution in [3.63, 3.8) is 0 Å². The molecular formula is C6H8ClNS. The quantitative estimate of drug-likeness (QED) is 0.701. The fourth-order valence-corrected chi connectivity index (χ4v) is 1.68. The molecule has 0 radical (unpaired) electrons. The van der Waals surface area contributed by atoms with Gasteiger partial charge in [0.1, 0.15) is 0 Å². The summed E-state index contributed by atoms with van der Waals surface area (Å²) in [5.74, 6) is 0. The maximum atomic E-state index is 5.79. The molecule has 1 aromatic rings. The Morgan fingerprint density at radius 1 is 1.67 bits per heavy atom. The summed E-state index contributed by atoms with van der Waals surface area (Å²) < 4.78 is 0. The van der Waals surface area contributed by atoms with Gasteiger partial charge in [-0.15, -0.1) is 0 Å². The van der Waals surface area contributed by atoms with Crippen molar-refractivity contribution < 1.29 is 0 Å². The molecule has 1 rings (SSSR count). The lowest BCUT2D eigenvalue weighted by atomic mass is 10.3. The summed E-state index contributed by atoms with van der Waals surface area (Å²) in [5.41, 5.74) is 1.18. The molecule has 50 valence electrons. The Morgan fingerprint density at radius 2 is 2.44 bits per heavy atom. The number of halogens is 1. The molecule has 0 saturated carbocycles. The Morgan fingerprint density at radius 3 is 2.89 bits per heavy atom. The maximum absolute atomic E-state index is 5.79. The van der Waals surface area contributed by atoms with Crippen LogP contribution in [0.5, 0.6) is 0 Å². The lowest BCUT2D eigenvalue weighted by molar-refractivity contribution is 0.821. The molecule has 1 aromatic heterocycles. The molecule has 0 spiro atoms. The standard InChI is InChI=1S/C6H8ClNS/c1-8-2-5-3-9-4-6(5)7/h3-4,8H,2H2,1H3. The van der Waals surface area contributed by atoms with E-state index >= 15 is 0 Å².